The van der Waals surface area contributed by atoms with Crippen LogP contribution in [0.4, 0.5) is 8.78 Å². The number of carboxylic acids is 1. The molecule has 0 fully saturated rings. The molecule has 0 saturated carbocycles. The minimum Gasteiger partial charge on any atom is -0.481 e. The smallest absolute Gasteiger partial charge is 0.307 e. The summed E-state index contributed by atoms with van der Waals surface area (Å²) in [5.41, 5.74) is 0.627. The predicted molar refractivity (Wildman–Crippen MR) is 51.0 cm³/mol. The van der Waals surface area contributed by atoms with E-state index in [0.29, 0.717) is 5.56 Å². The highest BCUT2D eigenvalue weighted by Crippen LogP contribution is 2.17. The second kappa shape index (κ2) is 4.42. The highest BCUT2D eigenvalue weighted by Gasteiger charge is 2.20. The van der Waals surface area contributed by atoms with Crippen LogP contribution in [-0.2, 0) is 17.8 Å². The van der Waals surface area contributed by atoms with Gasteiger partial charge in [-0.1, -0.05) is 0 Å². The minimum atomic E-state index is -2.68. The fourth-order valence-electron chi connectivity index (χ4n) is 1.23. The summed E-state index contributed by atoms with van der Waals surface area (Å²) in [5.74, 6) is -3.61. The minimum absolute atomic E-state index is 0.0739. The fourth-order valence-corrected chi connectivity index (χ4v) is 1.23. The van der Waals surface area contributed by atoms with Crippen LogP contribution in [-0.4, -0.2) is 21.6 Å². The topological polar surface area (TPSA) is 42.2 Å². The molecule has 0 amide bonds. The van der Waals surface area contributed by atoms with Gasteiger partial charge in [-0.3, -0.25) is 4.79 Å². The summed E-state index contributed by atoms with van der Waals surface area (Å²) in [5, 5.41) is 8.51. The van der Waals surface area contributed by atoms with E-state index in [1.165, 1.54) is 0 Å². The van der Waals surface area contributed by atoms with E-state index < -0.39 is 11.9 Å². The number of carbonyl (C=O) groups is 1. The van der Waals surface area contributed by atoms with Crippen LogP contribution >= 0.6 is 0 Å². The zero-order valence-corrected chi connectivity index (χ0v) is 8.41. The summed E-state index contributed by atoms with van der Waals surface area (Å²) in [6.07, 6.45) is 2.88. The van der Waals surface area contributed by atoms with Crippen molar-refractivity contribution in [3.05, 3.63) is 24.0 Å². The van der Waals surface area contributed by atoms with Crippen LogP contribution in [0.25, 0.3) is 0 Å². The third-order valence-corrected chi connectivity index (χ3v) is 1.98. The molecule has 0 bridgehead atoms. The molecular formula is C10H13F2NO2. The van der Waals surface area contributed by atoms with Crippen molar-refractivity contribution in [2.45, 2.75) is 32.2 Å². The zero-order chi connectivity index (χ0) is 11.5. The molecule has 1 aromatic rings. The number of carboxylic acid groups (broad SMARTS) is 1. The van der Waals surface area contributed by atoms with Gasteiger partial charge < -0.3 is 9.67 Å². The Balaban J connectivity index is 2.50. The summed E-state index contributed by atoms with van der Waals surface area (Å²) in [6, 6.07) is 1.63. The van der Waals surface area contributed by atoms with Crippen molar-refractivity contribution >= 4 is 5.97 Å². The van der Waals surface area contributed by atoms with Gasteiger partial charge in [-0.15, -0.1) is 0 Å². The number of hydrogen-bond acceptors (Lipinski definition) is 1. The third kappa shape index (κ3) is 4.58. The number of aromatic nitrogens is 1. The molecule has 1 heterocycles. The van der Waals surface area contributed by atoms with Gasteiger partial charge >= 0.3 is 5.97 Å². The number of alkyl halides is 2. The van der Waals surface area contributed by atoms with Crippen molar-refractivity contribution in [2.24, 2.45) is 0 Å². The van der Waals surface area contributed by atoms with Gasteiger partial charge in [0.15, 0.2) is 0 Å². The molecule has 0 saturated heterocycles. The van der Waals surface area contributed by atoms with E-state index in [2.05, 4.69) is 0 Å². The van der Waals surface area contributed by atoms with E-state index >= 15 is 0 Å². The van der Waals surface area contributed by atoms with E-state index in [1.54, 1.807) is 23.0 Å². The van der Waals surface area contributed by atoms with E-state index in [9.17, 15) is 13.6 Å². The standard InChI is InChI=1S/C10H13F2NO2/c1-10(11,12)3-5-13-4-2-8(7-13)6-9(14)15/h2,4,7H,3,5-6H2,1H3,(H,14,15). The largest absolute Gasteiger partial charge is 0.481 e. The maximum Gasteiger partial charge on any atom is 0.307 e. The summed E-state index contributed by atoms with van der Waals surface area (Å²) >= 11 is 0. The first-order valence-corrected chi connectivity index (χ1v) is 4.61. The fraction of sp³-hybridized carbons (Fsp3) is 0.500. The van der Waals surface area contributed by atoms with E-state index in [0.717, 1.165) is 6.92 Å². The molecular weight excluding hydrogens is 204 g/mol. The van der Waals surface area contributed by atoms with Gasteiger partial charge in [0, 0.05) is 25.4 Å². The Hall–Kier alpha value is -1.39. The highest BCUT2D eigenvalue weighted by atomic mass is 19.3. The SMILES string of the molecule is CC(F)(F)CCn1ccc(CC(=O)O)c1. The lowest BCUT2D eigenvalue weighted by Crippen LogP contribution is -2.13. The molecule has 15 heavy (non-hydrogen) atoms. The molecule has 84 valence electrons. The Kier molecular flexibility index (Phi) is 3.44. The van der Waals surface area contributed by atoms with Gasteiger partial charge in [0.25, 0.3) is 0 Å². The van der Waals surface area contributed by atoms with Crippen molar-refractivity contribution in [2.75, 3.05) is 0 Å². The normalized spacial score (nSPS) is 11.7. The Morgan fingerprint density at radius 1 is 1.60 bits per heavy atom. The number of rotatable bonds is 5. The summed E-state index contributed by atoms with van der Waals surface area (Å²) in [6.45, 7) is 1.07. The van der Waals surface area contributed by atoms with Crippen molar-refractivity contribution in [3.63, 3.8) is 0 Å². The molecule has 0 spiro atoms. The summed E-state index contributed by atoms with van der Waals surface area (Å²) in [4.78, 5) is 10.4. The van der Waals surface area contributed by atoms with Crippen LogP contribution in [0.5, 0.6) is 0 Å². The Morgan fingerprint density at radius 2 is 2.27 bits per heavy atom. The first-order valence-electron chi connectivity index (χ1n) is 4.61. The van der Waals surface area contributed by atoms with E-state index in [4.69, 9.17) is 5.11 Å². The Labute approximate surface area is 86.3 Å². The van der Waals surface area contributed by atoms with Crippen molar-refractivity contribution in [1.29, 1.82) is 0 Å². The summed E-state index contributed by atoms with van der Waals surface area (Å²) in [7, 11) is 0. The Bertz CT molecular complexity index is 341. The van der Waals surface area contributed by atoms with Crippen molar-refractivity contribution in [3.8, 4) is 0 Å². The lowest BCUT2D eigenvalue weighted by atomic mass is 10.2. The first kappa shape index (κ1) is 11.7. The maximum absolute atomic E-state index is 12.5. The van der Waals surface area contributed by atoms with Crippen LogP contribution in [0, 0.1) is 0 Å². The quantitative estimate of drug-likeness (QED) is 0.821. The van der Waals surface area contributed by atoms with Crippen LogP contribution in [0.3, 0.4) is 0 Å². The van der Waals surface area contributed by atoms with Gasteiger partial charge in [0.2, 0.25) is 5.92 Å². The van der Waals surface area contributed by atoms with Crippen molar-refractivity contribution in [1.82, 2.24) is 4.57 Å². The predicted octanol–water partition coefficient (Wildman–Crippen LogP) is 2.16. The average molecular weight is 217 g/mol. The lowest BCUT2D eigenvalue weighted by molar-refractivity contribution is -0.136. The molecule has 5 heteroatoms. The molecule has 0 radical (unpaired) electrons. The number of nitrogens with zero attached hydrogens (tertiary/aromatic N) is 1. The maximum atomic E-state index is 12.5. The van der Waals surface area contributed by atoms with Gasteiger partial charge in [-0.2, -0.15) is 0 Å². The van der Waals surface area contributed by atoms with Crippen LogP contribution < -0.4 is 0 Å². The molecule has 1 aromatic heterocycles. The summed E-state index contributed by atoms with van der Waals surface area (Å²) < 4.78 is 26.6. The van der Waals surface area contributed by atoms with Gasteiger partial charge in [0.1, 0.15) is 0 Å². The Morgan fingerprint density at radius 3 is 2.80 bits per heavy atom. The van der Waals surface area contributed by atoms with Crippen molar-refractivity contribution < 1.29 is 18.7 Å². The zero-order valence-electron chi connectivity index (χ0n) is 8.41. The number of hydrogen-bond donors (Lipinski definition) is 1. The highest BCUT2D eigenvalue weighted by molar-refractivity contribution is 5.69. The molecule has 0 unspecified atom stereocenters. The van der Waals surface area contributed by atoms with Gasteiger partial charge in [0.05, 0.1) is 6.42 Å². The average Bonchev–Trinajstić information content (AvgIpc) is 2.46. The molecule has 0 aliphatic carbocycles. The van der Waals surface area contributed by atoms with Gasteiger partial charge in [-0.25, -0.2) is 8.78 Å². The number of aryl methyl sites for hydroxylation is 1. The third-order valence-electron chi connectivity index (χ3n) is 1.98. The number of aliphatic carboxylic acids is 1. The van der Waals surface area contributed by atoms with Crippen LogP contribution in [0.15, 0.2) is 18.5 Å². The number of halogens is 2. The monoisotopic (exact) mass is 217 g/mol. The molecule has 0 atom stereocenters. The lowest BCUT2D eigenvalue weighted by Gasteiger charge is -2.09. The molecule has 3 nitrogen and oxygen atoms in total. The molecule has 1 N–H and O–H groups in total. The van der Waals surface area contributed by atoms with Crippen LogP contribution in [0.2, 0.25) is 0 Å². The second-order valence-corrected chi connectivity index (χ2v) is 3.65. The first-order chi connectivity index (χ1) is 6.87. The van der Waals surface area contributed by atoms with E-state index in [1.807, 2.05) is 0 Å². The molecule has 0 aromatic carbocycles. The molecule has 0 aliphatic rings. The molecule has 1 rings (SSSR count). The van der Waals surface area contributed by atoms with Gasteiger partial charge in [-0.05, 0) is 18.6 Å². The second-order valence-electron chi connectivity index (χ2n) is 3.65. The van der Waals surface area contributed by atoms with E-state index in [-0.39, 0.29) is 19.4 Å². The molecule has 0 aliphatic heterocycles. The van der Waals surface area contributed by atoms with Crippen LogP contribution in [0.1, 0.15) is 18.9 Å².